The summed E-state index contributed by atoms with van der Waals surface area (Å²) in [6.45, 7) is 3.26. The van der Waals surface area contributed by atoms with E-state index >= 15 is 0 Å². The molecule has 0 atom stereocenters. The summed E-state index contributed by atoms with van der Waals surface area (Å²) in [5, 5.41) is 6.98. The second-order valence-electron chi connectivity index (χ2n) is 6.24. The van der Waals surface area contributed by atoms with Crippen LogP contribution < -0.4 is 10.6 Å². The van der Waals surface area contributed by atoms with Gasteiger partial charge in [-0.2, -0.15) is 0 Å². The number of rotatable bonds is 4. The van der Waals surface area contributed by atoms with Crippen LogP contribution in [0.25, 0.3) is 0 Å². The van der Waals surface area contributed by atoms with Crippen molar-refractivity contribution < 1.29 is 0 Å². The molecule has 0 aromatic heterocycles. The van der Waals surface area contributed by atoms with Crippen molar-refractivity contribution in [2.24, 2.45) is 4.99 Å². The van der Waals surface area contributed by atoms with Crippen LogP contribution >= 0.6 is 15.9 Å². The molecule has 1 aromatic rings. The fourth-order valence-electron chi connectivity index (χ4n) is 3.02. The van der Waals surface area contributed by atoms with Crippen molar-refractivity contribution in [1.29, 1.82) is 0 Å². The van der Waals surface area contributed by atoms with Gasteiger partial charge in [0.15, 0.2) is 5.96 Å². The first-order valence-electron chi connectivity index (χ1n) is 8.20. The Hall–Kier alpha value is -1.07. The lowest BCUT2D eigenvalue weighted by Gasteiger charge is -2.33. The molecule has 0 spiro atoms. The highest BCUT2D eigenvalue weighted by atomic mass is 79.9. The number of halogens is 1. The molecule has 1 aromatic carbocycles. The first-order chi connectivity index (χ1) is 10.7. The SMILES string of the molecule is CN=C(NCc1ccc(Br)cc1)NC1CCN(C2CC2)CC1. The summed E-state index contributed by atoms with van der Waals surface area (Å²) in [5.74, 6) is 0.910. The summed E-state index contributed by atoms with van der Waals surface area (Å²) in [6, 6.07) is 9.83. The topological polar surface area (TPSA) is 39.7 Å². The van der Waals surface area contributed by atoms with Gasteiger partial charge in [0.25, 0.3) is 0 Å². The molecule has 22 heavy (non-hydrogen) atoms. The van der Waals surface area contributed by atoms with Gasteiger partial charge in [0, 0.05) is 43.2 Å². The minimum atomic E-state index is 0.547. The average molecular weight is 365 g/mol. The molecule has 0 unspecified atom stereocenters. The van der Waals surface area contributed by atoms with Gasteiger partial charge in [0.2, 0.25) is 0 Å². The standard InChI is InChI=1S/C17H25BrN4/c1-19-17(20-12-13-2-4-14(18)5-3-13)21-15-8-10-22(11-9-15)16-6-7-16/h2-5,15-16H,6-12H2,1H3,(H2,19,20,21). The number of guanidine groups is 1. The molecule has 5 heteroatoms. The second kappa shape index (κ2) is 7.47. The summed E-state index contributed by atoms with van der Waals surface area (Å²) in [6.07, 6.45) is 5.26. The number of aliphatic imine (C=N–C) groups is 1. The summed E-state index contributed by atoms with van der Waals surface area (Å²) in [5.41, 5.74) is 1.26. The number of nitrogens with one attached hydrogen (secondary N) is 2. The van der Waals surface area contributed by atoms with Crippen LogP contribution in [0, 0.1) is 0 Å². The van der Waals surface area contributed by atoms with Crippen molar-refractivity contribution in [3.8, 4) is 0 Å². The third-order valence-electron chi connectivity index (χ3n) is 4.53. The summed E-state index contributed by atoms with van der Waals surface area (Å²) < 4.78 is 1.11. The molecule has 0 radical (unpaired) electrons. The average Bonchev–Trinajstić information content (AvgIpc) is 3.38. The van der Waals surface area contributed by atoms with E-state index in [9.17, 15) is 0 Å². The van der Waals surface area contributed by atoms with Gasteiger partial charge >= 0.3 is 0 Å². The van der Waals surface area contributed by atoms with Gasteiger partial charge in [0.1, 0.15) is 0 Å². The molecule has 2 fully saturated rings. The summed E-state index contributed by atoms with van der Waals surface area (Å²) in [4.78, 5) is 7.00. The Kier molecular flexibility index (Phi) is 5.37. The summed E-state index contributed by atoms with van der Waals surface area (Å²) >= 11 is 3.46. The van der Waals surface area contributed by atoms with Crippen LogP contribution in [0.3, 0.4) is 0 Å². The highest BCUT2D eigenvalue weighted by Crippen LogP contribution is 2.29. The van der Waals surface area contributed by atoms with E-state index in [2.05, 4.69) is 60.7 Å². The van der Waals surface area contributed by atoms with E-state index in [-0.39, 0.29) is 0 Å². The number of hydrogen-bond donors (Lipinski definition) is 2. The Labute approximate surface area is 141 Å². The van der Waals surface area contributed by atoms with Crippen molar-refractivity contribution in [1.82, 2.24) is 15.5 Å². The molecule has 4 nitrogen and oxygen atoms in total. The van der Waals surface area contributed by atoms with E-state index in [1.54, 1.807) is 0 Å². The number of hydrogen-bond acceptors (Lipinski definition) is 2. The maximum absolute atomic E-state index is 4.35. The van der Waals surface area contributed by atoms with Crippen LogP contribution in [-0.2, 0) is 6.54 Å². The molecule has 0 bridgehead atoms. The molecule has 1 saturated carbocycles. The lowest BCUT2D eigenvalue weighted by Crippen LogP contribution is -2.48. The van der Waals surface area contributed by atoms with Gasteiger partial charge in [-0.15, -0.1) is 0 Å². The van der Waals surface area contributed by atoms with Crippen LogP contribution in [0.15, 0.2) is 33.7 Å². The minimum Gasteiger partial charge on any atom is -0.354 e. The number of benzene rings is 1. The monoisotopic (exact) mass is 364 g/mol. The number of nitrogens with zero attached hydrogens (tertiary/aromatic N) is 2. The Balaban J connectivity index is 1.43. The molecule has 1 saturated heterocycles. The second-order valence-corrected chi connectivity index (χ2v) is 7.15. The van der Waals surface area contributed by atoms with Crippen molar-refractivity contribution in [3.05, 3.63) is 34.3 Å². The first-order valence-corrected chi connectivity index (χ1v) is 8.99. The number of piperidine rings is 1. The molecule has 2 aliphatic rings. The molecular formula is C17H25BrN4. The smallest absolute Gasteiger partial charge is 0.191 e. The Bertz CT molecular complexity index is 502. The number of likely N-dealkylation sites (tertiary alicyclic amines) is 1. The fraction of sp³-hybridized carbons (Fsp3) is 0.588. The summed E-state index contributed by atoms with van der Waals surface area (Å²) in [7, 11) is 1.84. The van der Waals surface area contributed by atoms with Gasteiger partial charge < -0.3 is 15.5 Å². The van der Waals surface area contributed by atoms with Gasteiger partial charge in [-0.1, -0.05) is 28.1 Å². The quantitative estimate of drug-likeness (QED) is 0.637. The van der Waals surface area contributed by atoms with E-state index in [4.69, 9.17) is 0 Å². The zero-order valence-corrected chi connectivity index (χ0v) is 14.8. The highest BCUT2D eigenvalue weighted by molar-refractivity contribution is 9.10. The van der Waals surface area contributed by atoms with E-state index < -0.39 is 0 Å². The van der Waals surface area contributed by atoms with Gasteiger partial charge in [-0.25, -0.2) is 0 Å². The predicted molar refractivity (Wildman–Crippen MR) is 95.1 cm³/mol. The highest BCUT2D eigenvalue weighted by Gasteiger charge is 2.31. The molecule has 0 amide bonds. The minimum absolute atomic E-state index is 0.547. The molecule has 2 N–H and O–H groups in total. The maximum Gasteiger partial charge on any atom is 0.191 e. The molecule has 120 valence electrons. The Morgan fingerprint density at radius 2 is 1.86 bits per heavy atom. The third kappa shape index (κ3) is 4.46. The van der Waals surface area contributed by atoms with Crippen LogP contribution in [-0.4, -0.2) is 43.1 Å². The van der Waals surface area contributed by atoms with E-state index in [0.29, 0.717) is 6.04 Å². The maximum atomic E-state index is 4.35. The molecule has 1 aliphatic carbocycles. The predicted octanol–water partition coefficient (Wildman–Crippen LogP) is 2.74. The zero-order chi connectivity index (χ0) is 15.4. The van der Waals surface area contributed by atoms with Crippen molar-refractivity contribution >= 4 is 21.9 Å². The van der Waals surface area contributed by atoms with Crippen LogP contribution in [0.4, 0.5) is 0 Å². The fourth-order valence-corrected chi connectivity index (χ4v) is 3.29. The van der Waals surface area contributed by atoms with E-state index in [0.717, 1.165) is 23.0 Å². The molecular weight excluding hydrogens is 340 g/mol. The Morgan fingerprint density at radius 1 is 1.18 bits per heavy atom. The van der Waals surface area contributed by atoms with Gasteiger partial charge in [-0.3, -0.25) is 4.99 Å². The molecule has 3 rings (SSSR count). The zero-order valence-electron chi connectivity index (χ0n) is 13.2. The third-order valence-corrected chi connectivity index (χ3v) is 5.06. The van der Waals surface area contributed by atoms with Crippen molar-refractivity contribution in [2.75, 3.05) is 20.1 Å². The Morgan fingerprint density at radius 3 is 2.45 bits per heavy atom. The van der Waals surface area contributed by atoms with Crippen LogP contribution in [0.1, 0.15) is 31.2 Å². The molecule has 1 heterocycles. The lowest BCUT2D eigenvalue weighted by atomic mass is 10.1. The van der Waals surface area contributed by atoms with E-state index in [1.165, 1.54) is 44.3 Å². The van der Waals surface area contributed by atoms with Gasteiger partial charge in [0.05, 0.1) is 0 Å². The first kappa shape index (κ1) is 15.8. The van der Waals surface area contributed by atoms with Gasteiger partial charge in [-0.05, 0) is 43.4 Å². The van der Waals surface area contributed by atoms with Crippen LogP contribution in [0.5, 0.6) is 0 Å². The largest absolute Gasteiger partial charge is 0.354 e. The molecule has 1 aliphatic heterocycles. The lowest BCUT2D eigenvalue weighted by molar-refractivity contribution is 0.197. The van der Waals surface area contributed by atoms with Crippen LogP contribution in [0.2, 0.25) is 0 Å². The van der Waals surface area contributed by atoms with Crippen molar-refractivity contribution in [2.45, 2.75) is 44.3 Å². The van der Waals surface area contributed by atoms with E-state index in [1.807, 2.05) is 7.05 Å². The van der Waals surface area contributed by atoms with Crippen molar-refractivity contribution in [3.63, 3.8) is 0 Å². The normalized spacial score (nSPS) is 20.9.